The third-order valence-electron chi connectivity index (χ3n) is 6.23. The highest BCUT2D eigenvalue weighted by atomic mass is 16.2. The van der Waals surface area contributed by atoms with Crippen LogP contribution in [0.2, 0.25) is 0 Å². The minimum Gasteiger partial charge on any atom is -0.341 e. The number of amides is 3. The van der Waals surface area contributed by atoms with Gasteiger partial charge in [-0.3, -0.25) is 9.69 Å². The number of rotatable bonds is 4. The van der Waals surface area contributed by atoms with Crippen LogP contribution in [-0.4, -0.2) is 66.5 Å². The van der Waals surface area contributed by atoms with Crippen molar-refractivity contribution in [2.45, 2.75) is 76.8 Å². The van der Waals surface area contributed by atoms with Gasteiger partial charge in [-0.25, -0.2) is 4.79 Å². The van der Waals surface area contributed by atoms with Crippen LogP contribution in [0.3, 0.4) is 0 Å². The fraction of sp³-hybridized carbons (Fsp3) is 0.900. The van der Waals surface area contributed by atoms with E-state index in [9.17, 15) is 9.59 Å². The lowest BCUT2D eigenvalue weighted by Crippen LogP contribution is -2.52. The van der Waals surface area contributed by atoms with Crippen molar-refractivity contribution in [3.63, 3.8) is 0 Å². The quantitative estimate of drug-likeness (QED) is 0.805. The third kappa shape index (κ3) is 5.86. The van der Waals surface area contributed by atoms with Gasteiger partial charge < -0.3 is 15.5 Å². The molecule has 1 aliphatic carbocycles. The molecular formula is C20H36N4O2. The van der Waals surface area contributed by atoms with Gasteiger partial charge in [0.05, 0.1) is 6.54 Å². The number of nitrogens with one attached hydrogen (secondary N) is 2. The van der Waals surface area contributed by atoms with E-state index in [-0.39, 0.29) is 18.0 Å². The number of carbonyl (C=O) groups is 2. The lowest BCUT2D eigenvalue weighted by molar-refractivity contribution is -0.134. The smallest absolute Gasteiger partial charge is 0.315 e. The predicted octanol–water partition coefficient (Wildman–Crippen LogP) is 2.34. The Hall–Kier alpha value is -1.30. The molecule has 1 saturated carbocycles. The summed E-state index contributed by atoms with van der Waals surface area (Å²) in [4.78, 5) is 29.0. The molecule has 0 aromatic rings. The second-order valence-corrected chi connectivity index (χ2v) is 8.59. The number of carbonyl (C=O) groups excluding carboxylic acids is 2. The Morgan fingerprint density at radius 3 is 2.15 bits per heavy atom. The lowest BCUT2D eigenvalue weighted by atomic mass is 9.96. The minimum absolute atomic E-state index is 0.00580. The molecular weight excluding hydrogens is 328 g/mol. The molecule has 1 atom stereocenters. The first-order valence-corrected chi connectivity index (χ1v) is 10.7. The molecule has 2 aliphatic heterocycles. The van der Waals surface area contributed by atoms with Crippen molar-refractivity contribution < 1.29 is 9.59 Å². The molecule has 0 unspecified atom stereocenters. The number of hydrogen-bond donors (Lipinski definition) is 2. The van der Waals surface area contributed by atoms with Crippen molar-refractivity contribution >= 4 is 11.9 Å². The molecule has 2 heterocycles. The van der Waals surface area contributed by atoms with E-state index in [1.165, 1.54) is 25.7 Å². The normalized spacial score (nSPS) is 26.5. The van der Waals surface area contributed by atoms with E-state index < -0.39 is 0 Å². The van der Waals surface area contributed by atoms with Gasteiger partial charge in [0.2, 0.25) is 5.91 Å². The molecule has 0 spiro atoms. The van der Waals surface area contributed by atoms with E-state index in [0.717, 1.165) is 58.3 Å². The monoisotopic (exact) mass is 364 g/mol. The number of nitrogens with zero attached hydrogens (tertiary/aromatic N) is 2. The largest absolute Gasteiger partial charge is 0.341 e. The Labute approximate surface area is 158 Å². The SMILES string of the molecule is C[C@@H]1CCCN(C(=O)CN2CCC(NC(=O)NC3CCCCC3)CC2)C1. The molecule has 3 aliphatic rings. The zero-order valence-corrected chi connectivity index (χ0v) is 16.3. The standard InChI is InChI=1S/C20H36N4O2/c1-16-6-5-11-24(14-16)19(25)15-23-12-9-18(10-13-23)22-20(26)21-17-7-3-2-4-8-17/h16-18H,2-15H2,1H3,(H2,21,22,26)/t16-/m1/s1. The number of hydrogen-bond acceptors (Lipinski definition) is 3. The van der Waals surface area contributed by atoms with Crippen LogP contribution in [0.25, 0.3) is 0 Å². The number of urea groups is 1. The molecule has 26 heavy (non-hydrogen) atoms. The topological polar surface area (TPSA) is 64.7 Å². The first-order chi connectivity index (χ1) is 12.6. The average Bonchev–Trinajstić information content (AvgIpc) is 2.64. The predicted molar refractivity (Wildman–Crippen MR) is 103 cm³/mol. The summed E-state index contributed by atoms with van der Waals surface area (Å²) in [5, 5.41) is 6.27. The van der Waals surface area contributed by atoms with Crippen LogP contribution in [0, 0.1) is 5.92 Å². The molecule has 6 nitrogen and oxygen atoms in total. The van der Waals surface area contributed by atoms with E-state index in [0.29, 0.717) is 18.5 Å². The summed E-state index contributed by atoms with van der Waals surface area (Å²) in [6.45, 7) is 6.39. The van der Waals surface area contributed by atoms with Crippen LogP contribution in [0.4, 0.5) is 4.79 Å². The molecule has 0 aromatic carbocycles. The first kappa shape index (κ1) is 19.5. The summed E-state index contributed by atoms with van der Waals surface area (Å²) in [5.41, 5.74) is 0. The number of likely N-dealkylation sites (tertiary alicyclic amines) is 2. The van der Waals surface area contributed by atoms with Gasteiger partial charge in [-0.1, -0.05) is 26.2 Å². The Morgan fingerprint density at radius 1 is 0.846 bits per heavy atom. The summed E-state index contributed by atoms with van der Waals surface area (Å²) in [7, 11) is 0. The van der Waals surface area contributed by atoms with Crippen molar-refractivity contribution in [2.24, 2.45) is 5.92 Å². The molecule has 0 radical (unpaired) electrons. The van der Waals surface area contributed by atoms with Crippen molar-refractivity contribution in [3.8, 4) is 0 Å². The van der Waals surface area contributed by atoms with Crippen molar-refractivity contribution in [1.82, 2.24) is 20.4 Å². The third-order valence-corrected chi connectivity index (χ3v) is 6.23. The first-order valence-electron chi connectivity index (χ1n) is 10.7. The van der Waals surface area contributed by atoms with Crippen LogP contribution >= 0.6 is 0 Å². The van der Waals surface area contributed by atoms with Gasteiger partial charge in [-0.15, -0.1) is 0 Å². The maximum Gasteiger partial charge on any atom is 0.315 e. The van der Waals surface area contributed by atoms with Crippen molar-refractivity contribution in [3.05, 3.63) is 0 Å². The molecule has 3 fully saturated rings. The maximum absolute atomic E-state index is 12.5. The van der Waals surface area contributed by atoms with Crippen molar-refractivity contribution in [2.75, 3.05) is 32.7 Å². The molecule has 0 aromatic heterocycles. The molecule has 6 heteroatoms. The Kier molecular flexibility index (Phi) is 7.17. The highest BCUT2D eigenvalue weighted by Gasteiger charge is 2.26. The van der Waals surface area contributed by atoms with Gasteiger partial charge in [0, 0.05) is 38.3 Å². The molecule has 0 bridgehead atoms. The van der Waals surface area contributed by atoms with Crippen LogP contribution in [0.1, 0.15) is 64.7 Å². The fourth-order valence-electron chi connectivity index (χ4n) is 4.60. The van der Waals surface area contributed by atoms with Crippen molar-refractivity contribution in [1.29, 1.82) is 0 Å². The van der Waals surface area contributed by atoms with E-state index in [2.05, 4.69) is 22.5 Å². The summed E-state index contributed by atoms with van der Waals surface area (Å²) in [5.74, 6) is 0.906. The second-order valence-electron chi connectivity index (χ2n) is 8.59. The van der Waals surface area contributed by atoms with Gasteiger partial charge >= 0.3 is 6.03 Å². The highest BCUT2D eigenvalue weighted by Crippen LogP contribution is 2.18. The van der Waals surface area contributed by atoms with E-state index in [4.69, 9.17) is 0 Å². The van der Waals surface area contributed by atoms with Crippen LogP contribution in [0.15, 0.2) is 0 Å². The van der Waals surface area contributed by atoms with Crippen LogP contribution in [-0.2, 0) is 4.79 Å². The molecule has 3 amide bonds. The van der Waals surface area contributed by atoms with E-state index in [1.54, 1.807) is 0 Å². The summed E-state index contributed by atoms with van der Waals surface area (Å²) < 4.78 is 0. The number of piperidine rings is 2. The molecule has 2 saturated heterocycles. The Morgan fingerprint density at radius 2 is 1.50 bits per heavy atom. The average molecular weight is 365 g/mol. The van der Waals surface area contributed by atoms with Gasteiger partial charge in [0.1, 0.15) is 0 Å². The van der Waals surface area contributed by atoms with Crippen LogP contribution < -0.4 is 10.6 Å². The van der Waals surface area contributed by atoms with Gasteiger partial charge in [-0.2, -0.15) is 0 Å². The Bertz CT molecular complexity index is 470. The summed E-state index contributed by atoms with van der Waals surface area (Å²) >= 11 is 0. The van der Waals surface area contributed by atoms with Crippen LogP contribution in [0.5, 0.6) is 0 Å². The molecule has 3 rings (SSSR count). The van der Waals surface area contributed by atoms with Gasteiger partial charge in [-0.05, 0) is 44.4 Å². The molecule has 2 N–H and O–H groups in total. The summed E-state index contributed by atoms with van der Waals surface area (Å²) in [6.07, 6.45) is 10.2. The minimum atomic E-state index is -0.00580. The molecule has 148 valence electrons. The zero-order chi connectivity index (χ0) is 18.4. The van der Waals surface area contributed by atoms with E-state index >= 15 is 0 Å². The lowest BCUT2D eigenvalue weighted by Gasteiger charge is -2.35. The fourth-order valence-corrected chi connectivity index (χ4v) is 4.60. The Balaban J connectivity index is 1.33. The zero-order valence-electron chi connectivity index (χ0n) is 16.3. The highest BCUT2D eigenvalue weighted by molar-refractivity contribution is 5.78. The summed E-state index contributed by atoms with van der Waals surface area (Å²) in [6, 6.07) is 0.585. The van der Waals surface area contributed by atoms with Gasteiger partial charge in [0.15, 0.2) is 0 Å². The maximum atomic E-state index is 12.5. The van der Waals surface area contributed by atoms with Gasteiger partial charge in [0.25, 0.3) is 0 Å². The van der Waals surface area contributed by atoms with E-state index in [1.807, 2.05) is 4.90 Å². The second kappa shape index (κ2) is 9.58.